The van der Waals surface area contributed by atoms with Crippen LogP contribution < -0.4 is 0 Å². The molecule has 4 heterocycles. The average molecular weight is 505 g/mol. The first-order valence-corrected chi connectivity index (χ1v) is 12.4. The summed E-state index contributed by atoms with van der Waals surface area (Å²) in [5.41, 5.74) is 1.52. The van der Waals surface area contributed by atoms with E-state index in [0.29, 0.717) is 22.9 Å². The van der Waals surface area contributed by atoms with Crippen molar-refractivity contribution in [1.82, 2.24) is 29.8 Å². The zero-order chi connectivity index (χ0) is 26.5. The lowest BCUT2D eigenvalue weighted by Crippen LogP contribution is -2.63. The second-order valence-corrected chi connectivity index (χ2v) is 10.8. The van der Waals surface area contributed by atoms with E-state index in [9.17, 15) is 14.7 Å². The number of urea groups is 1. The normalized spacial score (nSPS) is 19.4. The molecule has 1 N–H and O–H groups in total. The number of likely N-dealkylation sites (tertiary alicyclic amines) is 1. The Labute approximate surface area is 215 Å². The lowest BCUT2D eigenvalue weighted by atomic mass is 9.62. The number of amides is 3. The second kappa shape index (κ2) is 9.04. The molecule has 1 atom stereocenters. The van der Waals surface area contributed by atoms with Crippen LogP contribution in [0.2, 0.25) is 0 Å². The van der Waals surface area contributed by atoms with Gasteiger partial charge in [0.1, 0.15) is 18.7 Å². The van der Waals surface area contributed by atoms with Gasteiger partial charge in [0.25, 0.3) is 0 Å². The molecule has 10 heteroatoms. The number of hydrogen-bond donors (Lipinski definition) is 1. The van der Waals surface area contributed by atoms with Crippen LogP contribution in [-0.4, -0.2) is 80.6 Å². The Morgan fingerprint density at radius 3 is 2.41 bits per heavy atom. The summed E-state index contributed by atoms with van der Waals surface area (Å²) in [6.07, 6.45) is 3.31. The maximum Gasteiger partial charge on any atom is 0.327 e. The van der Waals surface area contributed by atoms with Crippen molar-refractivity contribution in [3.63, 3.8) is 0 Å². The Morgan fingerprint density at radius 2 is 1.81 bits per heavy atom. The predicted octanol–water partition coefficient (Wildman–Crippen LogP) is 2.84. The number of imide groups is 1. The number of hydrogen-bond acceptors (Lipinski definition) is 8. The minimum atomic E-state index is -1.29. The van der Waals surface area contributed by atoms with Crippen LogP contribution in [0, 0.1) is 5.41 Å². The molecule has 1 aromatic carbocycles. The van der Waals surface area contributed by atoms with Gasteiger partial charge in [-0.2, -0.15) is 4.98 Å². The Bertz CT molecular complexity index is 1330. The fraction of sp³-hybridized carbons (Fsp3) is 0.444. The molecule has 10 nitrogen and oxygen atoms in total. The van der Waals surface area contributed by atoms with Gasteiger partial charge >= 0.3 is 6.03 Å². The molecule has 0 unspecified atom stereocenters. The van der Waals surface area contributed by atoms with Crippen molar-refractivity contribution in [3.05, 3.63) is 65.3 Å². The number of likely N-dealkylation sites (N-methyl/N-ethyl adjacent to an activating group) is 1. The molecular formula is C27H32N6O4. The van der Waals surface area contributed by atoms with Gasteiger partial charge in [-0.25, -0.2) is 4.79 Å². The second-order valence-electron chi connectivity index (χ2n) is 10.8. The highest BCUT2D eigenvalue weighted by Crippen LogP contribution is 2.50. The van der Waals surface area contributed by atoms with Crippen LogP contribution in [0.1, 0.15) is 49.3 Å². The maximum atomic E-state index is 12.4. The molecule has 2 aliphatic rings. The minimum absolute atomic E-state index is 0.0280. The van der Waals surface area contributed by atoms with Gasteiger partial charge in [0.05, 0.1) is 0 Å². The largest absolute Gasteiger partial charge is 0.380 e. The van der Waals surface area contributed by atoms with Crippen LogP contribution in [0.4, 0.5) is 4.79 Å². The lowest BCUT2D eigenvalue weighted by Gasteiger charge is -2.55. The van der Waals surface area contributed by atoms with Gasteiger partial charge in [-0.05, 0) is 30.2 Å². The van der Waals surface area contributed by atoms with Crippen LogP contribution in [-0.2, 0) is 16.9 Å². The number of rotatable bonds is 7. The van der Waals surface area contributed by atoms with Crippen LogP contribution in [0.25, 0.3) is 11.4 Å². The van der Waals surface area contributed by atoms with Gasteiger partial charge in [0, 0.05) is 49.1 Å². The number of aliphatic hydroxyl groups is 1. The number of benzene rings is 1. The van der Waals surface area contributed by atoms with Gasteiger partial charge in [-0.15, -0.1) is 0 Å². The smallest absolute Gasteiger partial charge is 0.327 e. The molecule has 194 valence electrons. The van der Waals surface area contributed by atoms with Crippen molar-refractivity contribution >= 4 is 11.9 Å². The molecule has 2 saturated heterocycles. The first kappa shape index (κ1) is 25.0. The molecule has 0 saturated carbocycles. The van der Waals surface area contributed by atoms with Crippen LogP contribution in [0.3, 0.4) is 0 Å². The minimum Gasteiger partial charge on any atom is -0.380 e. The maximum absolute atomic E-state index is 12.4. The molecule has 2 fully saturated rings. The molecule has 3 aromatic rings. The Kier molecular flexibility index (Phi) is 6.12. The Hall–Kier alpha value is -3.63. The molecule has 0 spiro atoms. The van der Waals surface area contributed by atoms with Gasteiger partial charge in [-0.1, -0.05) is 50.2 Å². The fourth-order valence-electron chi connectivity index (χ4n) is 5.49. The Morgan fingerprint density at radius 1 is 1.11 bits per heavy atom. The summed E-state index contributed by atoms with van der Waals surface area (Å²) < 4.78 is 5.38. The number of aromatic nitrogens is 3. The molecular weight excluding hydrogens is 472 g/mol. The van der Waals surface area contributed by atoms with Crippen LogP contribution in [0.15, 0.2) is 47.2 Å². The van der Waals surface area contributed by atoms with Gasteiger partial charge in [0.2, 0.25) is 17.6 Å². The van der Waals surface area contributed by atoms with Crippen molar-refractivity contribution in [1.29, 1.82) is 0 Å². The molecule has 0 bridgehead atoms. The summed E-state index contributed by atoms with van der Waals surface area (Å²) in [5.74, 6) is 0.616. The van der Waals surface area contributed by atoms with Crippen LogP contribution >= 0.6 is 0 Å². The molecule has 0 aliphatic carbocycles. The summed E-state index contributed by atoms with van der Waals surface area (Å²) in [5, 5.41) is 16.5. The van der Waals surface area contributed by atoms with Crippen molar-refractivity contribution in [2.75, 3.05) is 33.7 Å². The van der Waals surface area contributed by atoms with Crippen molar-refractivity contribution in [2.24, 2.45) is 5.41 Å². The number of pyridine rings is 1. The third-order valence-electron chi connectivity index (χ3n) is 7.57. The van der Waals surface area contributed by atoms with Crippen molar-refractivity contribution < 1.29 is 19.2 Å². The molecule has 2 aliphatic heterocycles. The van der Waals surface area contributed by atoms with Crippen molar-refractivity contribution in [2.45, 2.75) is 38.8 Å². The molecule has 3 amide bonds. The van der Waals surface area contributed by atoms with Crippen molar-refractivity contribution in [3.8, 4) is 11.4 Å². The number of nitrogens with zero attached hydrogens (tertiary/aromatic N) is 6. The standard InChI is InChI=1S/C27H32N6O4/c1-17(2)18-6-8-20(9-7-18)27(36,26(3)15-31(4)16-26)21-10-19(11-28-12-21)24-29-22(37-30-24)13-33-14-23(34)32(5)25(33)35/h6-12,17,36H,13-16H2,1-5H3/t27-/m0/s1. The SMILES string of the molecule is CC(C)c1ccc([C@](O)(c2cncc(-c3noc(CN4CC(=O)N(C)C4=O)n3)c2)C2(C)CN(C)C2)cc1. The molecule has 2 aromatic heterocycles. The van der Waals surface area contributed by atoms with Gasteiger partial charge < -0.3 is 19.4 Å². The summed E-state index contributed by atoms with van der Waals surface area (Å²) in [4.78, 5) is 37.5. The van der Waals surface area contributed by atoms with E-state index in [2.05, 4.69) is 52.9 Å². The summed E-state index contributed by atoms with van der Waals surface area (Å²) in [6.45, 7) is 7.84. The highest BCUT2D eigenvalue weighted by Gasteiger charge is 2.55. The third-order valence-corrected chi connectivity index (χ3v) is 7.57. The number of carbonyl (C=O) groups excluding carboxylic acids is 2. The first-order valence-electron chi connectivity index (χ1n) is 12.4. The van der Waals surface area contributed by atoms with E-state index >= 15 is 0 Å². The van der Waals surface area contributed by atoms with E-state index < -0.39 is 17.0 Å². The number of carbonyl (C=O) groups is 2. The molecule has 5 rings (SSSR count). The van der Waals surface area contributed by atoms with E-state index in [1.54, 1.807) is 12.4 Å². The predicted molar refractivity (Wildman–Crippen MR) is 135 cm³/mol. The van der Waals surface area contributed by atoms with E-state index in [-0.39, 0.29) is 24.9 Å². The van der Waals surface area contributed by atoms with E-state index in [0.717, 1.165) is 23.6 Å². The quantitative estimate of drug-likeness (QED) is 0.489. The molecule has 37 heavy (non-hydrogen) atoms. The average Bonchev–Trinajstić information content (AvgIpc) is 3.43. The van der Waals surface area contributed by atoms with E-state index in [1.165, 1.54) is 17.5 Å². The fourth-order valence-corrected chi connectivity index (χ4v) is 5.49. The Balaban J connectivity index is 1.48. The molecule has 0 radical (unpaired) electrons. The first-order chi connectivity index (χ1) is 17.5. The summed E-state index contributed by atoms with van der Waals surface area (Å²) in [6, 6.07) is 9.59. The highest BCUT2D eigenvalue weighted by atomic mass is 16.5. The monoisotopic (exact) mass is 504 g/mol. The van der Waals surface area contributed by atoms with Crippen LogP contribution in [0.5, 0.6) is 0 Å². The third kappa shape index (κ3) is 4.19. The zero-order valence-electron chi connectivity index (χ0n) is 21.8. The lowest BCUT2D eigenvalue weighted by molar-refractivity contribution is -0.127. The zero-order valence-corrected chi connectivity index (χ0v) is 21.8. The van der Waals surface area contributed by atoms with E-state index in [4.69, 9.17) is 4.52 Å². The van der Waals surface area contributed by atoms with E-state index in [1.807, 2.05) is 25.2 Å². The highest BCUT2D eigenvalue weighted by molar-refractivity contribution is 6.01. The van der Waals surface area contributed by atoms with Gasteiger partial charge in [0.15, 0.2) is 0 Å². The summed E-state index contributed by atoms with van der Waals surface area (Å²) in [7, 11) is 3.48. The topological polar surface area (TPSA) is 116 Å². The van der Waals surface area contributed by atoms with Gasteiger partial charge in [-0.3, -0.25) is 14.7 Å². The summed E-state index contributed by atoms with van der Waals surface area (Å²) >= 11 is 0.